The minimum Gasteiger partial charge on any atom is -0.480 e. The van der Waals surface area contributed by atoms with Crippen LogP contribution >= 0.6 is 0 Å². The van der Waals surface area contributed by atoms with Crippen molar-refractivity contribution in [1.82, 2.24) is 26.6 Å². The number of unbranched alkanes of at least 4 members (excludes halogenated alkanes) is 1. The lowest BCUT2D eigenvalue weighted by atomic mass is 10.1. The number of carboxylic acids is 1. The molecule has 6 N–H and O–H groups in total. The maximum Gasteiger partial charge on any atom is 0.408 e. The van der Waals surface area contributed by atoms with Gasteiger partial charge >= 0.3 is 12.1 Å². The van der Waals surface area contributed by atoms with E-state index >= 15 is 0 Å². The summed E-state index contributed by atoms with van der Waals surface area (Å²) in [5.74, 6) is -3.71. The number of rotatable bonds is 46. The van der Waals surface area contributed by atoms with Crippen LogP contribution in [0, 0.1) is 0 Å². The van der Waals surface area contributed by atoms with Gasteiger partial charge in [0.2, 0.25) is 23.6 Å². The lowest BCUT2D eigenvalue weighted by Gasteiger charge is -2.18. The highest BCUT2D eigenvalue weighted by atomic mass is 16.6. The number of amides is 5. The first-order valence-corrected chi connectivity index (χ1v) is 23.7. The number of carbonyl (C=O) groups is 6. The fourth-order valence-corrected chi connectivity index (χ4v) is 5.82. The second-order valence-corrected chi connectivity index (χ2v) is 15.2. The van der Waals surface area contributed by atoms with Gasteiger partial charge in [-0.2, -0.15) is 0 Å². The molecule has 71 heavy (non-hydrogen) atoms. The van der Waals surface area contributed by atoms with Crippen molar-refractivity contribution < 1.29 is 86.0 Å². The second kappa shape index (κ2) is 43.4. The van der Waals surface area contributed by atoms with Crippen LogP contribution in [0.1, 0.15) is 30.4 Å². The minimum absolute atomic E-state index is 0.0363. The molecule has 0 aliphatic rings. The summed E-state index contributed by atoms with van der Waals surface area (Å²) < 4.78 is 59.1. The van der Waals surface area contributed by atoms with Gasteiger partial charge in [-0.1, -0.05) is 60.7 Å². The SMILES string of the molecule is COCCOCCOCCOCCOCCOCCOCCOCCOCCOCC(=O)NCCCC[C@H](NC(=O)OCc1ccccc1)C(=O)NCC(=O)NCC(=O)N[C@@H](Cc1ccccc1)C(=O)O. The molecule has 400 valence electrons. The van der Waals surface area contributed by atoms with Crippen molar-refractivity contribution >= 4 is 35.7 Å². The Hall–Kier alpha value is -5.34. The van der Waals surface area contributed by atoms with Crippen LogP contribution in [0.2, 0.25) is 0 Å². The highest BCUT2D eigenvalue weighted by Crippen LogP contribution is 2.06. The number of carbonyl (C=O) groups excluding carboxylic acids is 5. The van der Waals surface area contributed by atoms with Crippen LogP contribution in [0.5, 0.6) is 0 Å². The highest BCUT2D eigenvalue weighted by Gasteiger charge is 2.23. The van der Waals surface area contributed by atoms with E-state index in [0.29, 0.717) is 124 Å². The van der Waals surface area contributed by atoms with Crippen LogP contribution in [0.4, 0.5) is 4.79 Å². The Morgan fingerprint density at radius 3 is 1.41 bits per heavy atom. The molecule has 0 aliphatic carbocycles. The van der Waals surface area contributed by atoms with E-state index in [1.165, 1.54) is 0 Å². The Morgan fingerprint density at radius 2 is 0.930 bits per heavy atom. The fraction of sp³-hybridized carbons (Fsp3) is 0.625. The van der Waals surface area contributed by atoms with Gasteiger partial charge in [-0.25, -0.2) is 9.59 Å². The summed E-state index contributed by atoms with van der Waals surface area (Å²) in [5.41, 5.74) is 1.44. The average Bonchev–Trinajstić information content (AvgIpc) is 3.37. The van der Waals surface area contributed by atoms with Crippen molar-refractivity contribution in [2.75, 3.05) is 152 Å². The molecule has 2 aromatic rings. The Morgan fingerprint density at radius 1 is 0.479 bits per heavy atom. The summed E-state index contributed by atoms with van der Waals surface area (Å²) >= 11 is 0. The van der Waals surface area contributed by atoms with Crippen LogP contribution in [-0.4, -0.2) is 205 Å². The maximum atomic E-state index is 13.1. The van der Waals surface area contributed by atoms with E-state index < -0.39 is 55.0 Å². The molecular formula is C48H75N5O18. The monoisotopic (exact) mass is 1010 g/mol. The molecule has 2 aromatic carbocycles. The molecular weight excluding hydrogens is 935 g/mol. The third-order valence-corrected chi connectivity index (χ3v) is 9.49. The summed E-state index contributed by atoms with van der Waals surface area (Å²) in [7, 11) is 1.63. The number of carboxylic acid groups (broad SMARTS) is 1. The molecule has 0 spiro atoms. The quantitative estimate of drug-likeness (QED) is 0.0490. The normalized spacial score (nSPS) is 11.8. The number of aliphatic carboxylic acids is 1. The fourth-order valence-electron chi connectivity index (χ4n) is 5.82. The van der Waals surface area contributed by atoms with E-state index in [9.17, 15) is 33.9 Å². The molecule has 23 nitrogen and oxygen atoms in total. The van der Waals surface area contributed by atoms with E-state index in [4.69, 9.17) is 52.1 Å². The summed E-state index contributed by atoms with van der Waals surface area (Å²) in [5, 5.41) is 22.0. The number of hydrogen-bond donors (Lipinski definition) is 6. The first-order chi connectivity index (χ1) is 34.7. The summed E-state index contributed by atoms with van der Waals surface area (Å²) in [4.78, 5) is 74.6. The smallest absolute Gasteiger partial charge is 0.408 e. The second-order valence-electron chi connectivity index (χ2n) is 15.2. The molecule has 0 radical (unpaired) electrons. The highest BCUT2D eigenvalue weighted by molar-refractivity contribution is 5.91. The first-order valence-electron chi connectivity index (χ1n) is 23.7. The number of nitrogens with one attached hydrogen (secondary N) is 5. The molecule has 0 aromatic heterocycles. The molecule has 0 saturated heterocycles. The van der Waals surface area contributed by atoms with E-state index in [1.54, 1.807) is 61.7 Å². The summed E-state index contributed by atoms with van der Waals surface area (Å²) in [6, 6.07) is 15.4. The zero-order valence-electron chi connectivity index (χ0n) is 40.9. The lowest BCUT2D eigenvalue weighted by molar-refractivity contribution is -0.141. The Balaban J connectivity index is 1.48. The van der Waals surface area contributed by atoms with Crippen LogP contribution in [0.15, 0.2) is 60.7 Å². The van der Waals surface area contributed by atoms with Crippen LogP contribution < -0.4 is 26.6 Å². The molecule has 0 aliphatic heterocycles. The van der Waals surface area contributed by atoms with Crippen molar-refractivity contribution in [1.29, 1.82) is 0 Å². The average molecular weight is 1010 g/mol. The standard InChI is InChI=1S/C48H75N5O18/c1-61-16-17-62-18-19-63-20-21-64-22-23-65-24-25-66-26-27-67-28-29-68-30-31-69-32-33-70-38-45(56)49-15-9-8-14-41(53-48(60)71-37-40-12-6-3-7-13-40)46(57)51-35-43(54)50-36-44(55)52-42(47(58)59)34-39-10-4-2-5-11-39/h2-7,10-13,41-42H,8-9,14-38H2,1H3,(H,49,56)(H,50,54)(H,51,57)(H,52,55)(H,53,60)(H,58,59)/t41-,42-/m0/s1. The van der Waals surface area contributed by atoms with Gasteiger partial charge in [0.25, 0.3) is 0 Å². The largest absolute Gasteiger partial charge is 0.480 e. The van der Waals surface area contributed by atoms with Crippen molar-refractivity contribution in [2.45, 2.75) is 44.4 Å². The minimum atomic E-state index is -1.24. The number of benzene rings is 2. The Labute approximate surface area is 415 Å². The van der Waals surface area contributed by atoms with Gasteiger partial charge in [0.05, 0.1) is 132 Å². The molecule has 0 unspecified atom stereocenters. The van der Waals surface area contributed by atoms with Crippen LogP contribution in [0.25, 0.3) is 0 Å². The van der Waals surface area contributed by atoms with Crippen LogP contribution in [0.3, 0.4) is 0 Å². The Bertz CT molecular complexity index is 1700. The predicted molar refractivity (Wildman–Crippen MR) is 255 cm³/mol. The summed E-state index contributed by atoms with van der Waals surface area (Å²) in [6.45, 7) is 6.91. The van der Waals surface area contributed by atoms with E-state index in [-0.39, 0.29) is 51.7 Å². The summed E-state index contributed by atoms with van der Waals surface area (Å²) in [6.07, 6.45) is 0.188. The molecule has 2 rings (SSSR count). The van der Waals surface area contributed by atoms with Crippen molar-refractivity contribution in [3.05, 3.63) is 71.8 Å². The van der Waals surface area contributed by atoms with Crippen molar-refractivity contribution in [3.63, 3.8) is 0 Å². The van der Waals surface area contributed by atoms with E-state index in [0.717, 1.165) is 5.56 Å². The number of methoxy groups -OCH3 is 1. The third kappa shape index (κ3) is 36.3. The van der Waals surface area contributed by atoms with Gasteiger partial charge in [-0.3, -0.25) is 19.2 Å². The van der Waals surface area contributed by atoms with Gasteiger partial charge in [0.15, 0.2) is 0 Å². The zero-order valence-corrected chi connectivity index (χ0v) is 40.9. The van der Waals surface area contributed by atoms with Gasteiger partial charge in [0.1, 0.15) is 25.3 Å². The predicted octanol–water partition coefficient (Wildman–Crippen LogP) is 0.408. The molecule has 0 fully saturated rings. The van der Waals surface area contributed by atoms with Gasteiger partial charge in [-0.05, 0) is 30.4 Å². The Kier molecular flexibility index (Phi) is 37.8. The van der Waals surface area contributed by atoms with E-state index in [2.05, 4.69) is 26.6 Å². The molecule has 5 amide bonds. The van der Waals surface area contributed by atoms with Crippen molar-refractivity contribution in [3.8, 4) is 0 Å². The molecule has 0 heterocycles. The maximum absolute atomic E-state index is 13.1. The van der Waals surface area contributed by atoms with Crippen molar-refractivity contribution in [2.24, 2.45) is 0 Å². The topological polar surface area (TPSA) is 284 Å². The number of alkyl carbamates (subject to hydrolysis) is 1. The number of hydrogen-bond acceptors (Lipinski definition) is 17. The van der Waals surface area contributed by atoms with Gasteiger partial charge < -0.3 is 83.8 Å². The van der Waals surface area contributed by atoms with Crippen LogP contribution in [-0.2, 0) is 89.1 Å². The van der Waals surface area contributed by atoms with Gasteiger partial charge in [-0.15, -0.1) is 0 Å². The van der Waals surface area contributed by atoms with E-state index in [1.807, 2.05) is 6.07 Å². The molecule has 0 saturated carbocycles. The first kappa shape index (κ1) is 61.8. The molecule has 2 atom stereocenters. The zero-order chi connectivity index (χ0) is 51.3. The third-order valence-electron chi connectivity index (χ3n) is 9.49. The molecule has 23 heteroatoms. The molecule has 0 bridgehead atoms. The lowest BCUT2D eigenvalue weighted by Crippen LogP contribution is -2.50. The number of ether oxygens (including phenoxy) is 11. The van der Waals surface area contributed by atoms with Gasteiger partial charge in [0, 0.05) is 20.1 Å².